The van der Waals surface area contributed by atoms with Gasteiger partial charge in [0.15, 0.2) is 0 Å². The first-order valence-electron chi connectivity index (χ1n) is 6.18. The van der Waals surface area contributed by atoms with E-state index in [1.165, 1.54) is 0 Å². The van der Waals surface area contributed by atoms with Crippen molar-refractivity contribution in [3.05, 3.63) is 57.8 Å². The van der Waals surface area contributed by atoms with Crippen molar-refractivity contribution in [1.29, 1.82) is 0 Å². The Hall–Kier alpha value is -1.03. The van der Waals surface area contributed by atoms with Crippen LogP contribution < -0.4 is 0 Å². The molecule has 1 heterocycles. The van der Waals surface area contributed by atoms with Crippen LogP contribution >= 0.6 is 39.1 Å². The smallest absolute Gasteiger partial charge is 0.115 e. The molecule has 1 aromatic heterocycles. The summed E-state index contributed by atoms with van der Waals surface area (Å²) in [7, 11) is 0. The van der Waals surface area contributed by atoms with E-state index in [0.717, 1.165) is 27.0 Å². The summed E-state index contributed by atoms with van der Waals surface area (Å²) in [4.78, 5) is 4.66. The van der Waals surface area contributed by atoms with Gasteiger partial charge in [0.25, 0.3) is 0 Å². The van der Waals surface area contributed by atoms with Crippen LogP contribution in [0, 0.1) is 0 Å². The van der Waals surface area contributed by atoms with Gasteiger partial charge in [-0.25, -0.2) is 4.98 Å². The first-order chi connectivity index (χ1) is 9.69. The number of fused-ring (bicyclic) bond motifs is 1. The van der Waals surface area contributed by atoms with Gasteiger partial charge in [0.2, 0.25) is 0 Å². The van der Waals surface area contributed by atoms with Crippen LogP contribution in [0.3, 0.4) is 0 Å². The van der Waals surface area contributed by atoms with Crippen LogP contribution in [0.1, 0.15) is 5.82 Å². The summed E-state index contributed by atoms with van der Waals surface area (Å²) < 4.78 is 3.12. The van der Waals surface area contributed by atoms with E-state index in [4.69, 9.17) is 23.2 Å². The van der Waals surface area contributed by atoms with Crippen molar-refractivity contribution in [3.63, 3.8) is 0 Å². The van der Waals surface area contributed by atoms with Gasteiger partial charge in [0.1, 0.15) is 5.82 Å². The quantitative estimate of drug-likeness (QED) is 0.578. The summed E-state index contributed by atoms with van der Waals surface area (Å²) in [6.07, 6.45) is 0.709. The third-order valence-electron chi connectivity index (χ3n) is 3.07. The number of aryl methyl sites for hydroxylation is 1. The maximum atomic E-state index is 6.10. The fraction of sp³-hybridized carbons (Fsp3) is 0.133. The highest BCUT2D eigenvalue weighted by Crippen LogP contribution is 2.26. The van der Waals surface area contributed by atoms with E-state index in [1.807, 2.05) is 36.4 Å². The molecule has 0 N–H and O–H groups in total. The highest BCUT2D eigenvalue weighted by atomic mass is 79.9. The van der Waals surface area contributed by atoms with E-state index in [0.29, 0.717) is 17.3 Å². The molecule has 0 radical (unpaired) electrons. The molecule has 0 aliphatic rings. The van der Waals surface area contributed by atoms with Crippen molar-refractivity contribution in [2.75, 3.05) is 5.88 Å². The zero-order valence-corrected chi connectivity index (χ0v) is 13.6. The lowest BCUT2D eigenvalue weighted by atomic mass is 10.2. The standard InChI is InChI=1S/C15H11BrCl2N2/c16-10-4-5-13-14(8-10)20(15(19-13)6-7-17)12-3-1-2-11(18)9-12/h1-5,8-9H,6-7H2. The SMILES string of the molecule is ClCCc1nc2ccc(Br)cc2n1-c1cccc(Cl)c1. The number of hydrogen-bond donors (Lipinski definition) is 0. The summed E-state index contributed by atoms with van der Waals surface area (Å²) in [5.74, 6) is 1.47. The number of hydrogen-bond acceptors (Lipinski definition) is 1. The largest absolute Gasteiger partial charge is 0.296 e. The van der Waals surface area contributed by atoms with Crippen LogP contribution in [0.5, 0.6) is 0 Å². The maximum absolute atomic E-state index is 6.10. The highest BCUT2D eigenvalue weighted by molar-refractivity contribution is 9.10. The normalized spacial score (nSPS) is 11.2. The van der Waals surface area contributed by atoms with E-state index >= 15 is 0 Å². The third-order valence-corrected chi connectivity index (χ3v) is 3.99. The van der Waals surface area contributed by atoms with Gasteiger partial charge >= 0.3 is 0 Å². The number of imidazole rings is 1. The number of halogens is 3. The minimum Gasteiger partial charge on any atom is -0.296 e. The second-order valence-electron chi connectivity index (χ2n) is 4.42. The first-order valence-corrected chi connectivity index (χ1v) is 7.88. The van der Waals surface area contributed by atoms with Gasteiger partial charge in [-0.1, -0.05) is 33.6 Å². The number of nitrogens with zero attached hydrogens (tertiary/aromatic N) is 2. The summed E-state index contributed by atoms with van der Waals surface area (Å²) >= 11 is 15.5. The molecule has 0 saturated heterocycles. The van der Waals surface area contributed by atoms with Gasteiger partial charge in [-0.3, -0.25) is 4.57 Å². The Morgan fingerprint density at radius 1 is 1.15 bits per heavy atom. The van der Waals surface area contributed by atoms with Crippen LogP contribution in [0.2, 0.25) is 5.02 Å². The van der Waals surface area contributed by atoms with Crippen LogP contribution in [-0.2, 0) is 6.42 Å². The van der Waals surface area contributed by atoms with Crippen LogP contribution in [0.25, 0.3) is 16.7 Å². The van der Waals surface area contributed by atoms with Crippen LogP contribution in [0.15, 0.2) is 46.9 Å². The van der Waals surface area contributed by atoms with E-state index < -0.39 is 0 Å². The Morgan fingerprint density at radius 3 is 2.75 bits per heavy atom. The fourth-order valence-corrected chi connectivity index (χ4v) is 2.96. The summed E-state index contributed by atoms with van der Waals surface area (Å²) in [6, 6.07) is 13.8. The molecule has 2 aromatic carbocycles. The van der Waals surface area contributed by atoms with Crippen molar-refractivity contribution in [1.82, 2.24) is 9.55 Å². The van der Waals surface area contributed by atoms with Crippen molar-refractivity contribution >= 4 is 50.2 Å². The first kappa shape index (κ1) is 13.9. The zero-order valence-electron chi connectivity index (χ0n) is 10.5. The number of alkyl halides is 1. The molecule has 0 amide bonds. The molecule has 0 spiro atoms. The molecule has 3 rings (SSSR count). The van der Waals surface area contributed by atoms with Crippen LogP contribution in [-0.4, -0.2) is 15.4 Å². The Bertz CT molecular complexity index is 768. The van der Waals surface area contributed by atoms with Crippen molar-refractivity contribution in [3.8, 4) is 5.69 Å². The van der Waals surface area contributed by atoms with E-state index in [2.05, 4.69) is 31.5 Å². The molecule has 0 aliphatic heterocycles. The van der Waals surface area contributed by atoms with Gasteiger partial charge in [0, 0.05) is 27.5 Å². The lowest BCUT2D eigenvalue weighted by molar-refractivity contribution is 0.912. The topological polar surface area (TPSA) is 17.8 Å². The molecule has 2 nitrogen and oxygen atoms in total. The zero-order chi connectivity index (χ0) is 14.1. The Balaban J connectivity index is 2.30. The molecule has 0 aliphatic carbocycles. The molecule has 0 unspecified atom stereocenters. The molecule has 0 bridgehead atoms. The van der Waals surface area contributed by atoms with Crippen molar-refractivity contribution in [2.24, 2.45) is 0 Å². The second kappa shape index (κ2) is 5.76. The third kappa shape index (κ3) is 2.58. The molecule has 5 heteroatoms. The molecule has 0 saturated carbocycles. The monoisotopic (exact) mass is 368 g/mol. The predicted molar refractivity (Wildman–Crippen MR) is 88.2 cm³/mol. The summed E-state index contributed by atoms with van der Waals surface area (Å²) in [5.41, 5.74) is 2.99. The number of benzene rings is 2. The predicted octanol–water partition coefficient (Wildman–Crippen LogP) is 5.22. The van der Waals surface area contributed by atoms with Gasteiger partial charge in [-0.15, -0.1) is 11.6 Å². The van der Waals surface area contributed by atoms with Gasteiger partial charge in [0.05, 0.1) is 11.0 Å². The highest BCUT2D eigenvalue weighted by Gasteiger charge is 2.12. The Morgan fingerprint density at radius 2 is 2.00 bits per heavy atom. The molecule has 0 fully saturated rings. The van der Waals surface area contributed by atoms with Crippen LogP contribution in [0.4, 0.5) is 0 Å². The summed E-state index contributed by atoms with van der Waals surface area (Å²) in [6.45, 7) is 0. The minimum absolute atomic E-state index is 0.533. The Labute approximate surface area is 135 Å². The maximum Gasteiger partial charge on any atom is 0.115 e. The minimum atomic E-state index is 0.533. The molecule has 0 atom stereocenters. The lowest BCUT2D eigenvalue weighted by Crippen LogP contribution is -2.02. The van der Waals surface area contributed by atoms with Gasteiger partial charge in [-0.2, -0.15) is 0 Å². The van der Waals surface area contributed by atoms with Gasteiger partial charge in [-0.05, 0) is 36.4 Å². The average Bonchev–Trinajstić information content (AvgIpc) is 2.76. The fourth-order valence-electron chi connectivity index (χ4n) is 2.25. The molecular weight excluding hydrogens is 359 g/mol. The lowest BCUT2D eigenvalue weighted by Gasteiger charge is -2.09. The second-order valence-corrected chi connectivity index (χ2v) is 6.15. The number of aromatic nitrogens is 2. The molecule has 102 valence electrons. The molecule has 20 heavy (non-hydrogen) atoms. The van der Waals surface area contributed by atoms with E-state index in [9.17, 15) is 0 Å². The number of rotatable bonds is 3. The van der Waals surface area contributed by atoms with E-state index in [1.54, 1.807) is 0 Å². The van der Waals surface area contributed by atoms with Crippen molar-refractivity contribution in [2.45, 2.75) is 6.42 Å². The molecular formula is C15H11BrCl2N2. The average molecular weight is 370 g/mol. The molecule has 3 aromatic rings. The van der Waals surface area contributed by atoms with E-state index in [-0.39, 0.29) is 0 Å². The van der Waals surface area contributed by atoms with Gasteiger partial charge < -0.3 is 0 Å². The summed E-state index contributed by atoms with van der Waals surface area (Å²) in [5, 5.41) is 0.705. The Kier molecular flexibility index (Phi) is 4.01. The van der Waals surface area contributed by atoms with Crippen molar-refractivity contribution < 1.29 is 0 Å².